The molecule has 10 nitrogen and oxygen atoms in total. The van der Waals surface area contributed by atoms with Gasteiger partial charge in [0.15, 0.2) is 0 Å². The highest BCUT2D eigenvalue weighted by Gasteiger charge is 2.35. The van der Waals surface area contributed by atoms with Gasteiger partial charge in [-0.2, -0.15) is 0 Å². The molecule has 0 bridgehead atoms. The number of thiazole rings is 1. The van der Waals surface area contributed by atoms with Crippen LogP contribution in [0, 0.1) is 17.8 Å². The van der Waals surface area contributed by atoms with Gasteiger partial charge in [-0.25, -0.2) is 4.98 Å². The minimum atomic E-state index is -0.607. The lowest BCUT2D eigenvalue weighted by atomic mass is 9.94. The lowest BCUT2D eigenvalue weighted by Gasteiger charge is -2.38. The average molecular weight is 712 g/mol. The smallest absolute Gasteiger partial charge is 0.308 e. The SMILES string of the molecule is CCCCN1CCCC[C@@H]1C(=O)N[C@H](C(=O)N(C)C(CCc1nc(C(=O)N[C@@H](Cc2ccccc2)C[C@H](C)C(=O)OC)cs1)C(C)C)C(C)C. The Hall–Kier alpha value is -3.31. The van der Waals surface area contributed by atoms with Crippen molar-refractivity contribution in [3.05, 3.63) is 52.0 Å². The van der Waals surface area contributed by atoms with Crippen molar-refractivity contribution >= 4 is 35.0 Å². The van der Waals surface area contributed by atoms with Gasteiger partial charge in [0.25, 0.3) is 5.91 Å². The predicted octanol–water partition coefficient (Wildman–Crippen LogP) is 5.89. The van der Waals surface area contributed by atoms with Crippen LogP contribution in [0.5, 0.6) is 0 Å². The lowest BCUT2D eigenvalue weighted by molar-refractivity contribution is -0.145. The summed E-state index contributed by atoms with van der Waals surface area (Å²) in [6, 6.07) is 8.73. The second-order valence-electron chi connectivity index (χ2n) is 14.6. The number of methoxy groups -OCH3 is 1. The second-order valence-corrected chi connectivity index (χ2v) is 15.5. The molecule has 278 valence electrons. The van der Waals surface area contributed by atoms with E-state index in [1.165, 1.54) is 18.4 Å². The van der Waals surface area contributed by atoms with Crippen LogP contribution >= 0.6 is 11.3 Å². The van der Waals surface area contributed by atoms with Crippen LogP contribution in [-0.2, 0) is 32.0 Å². The van der Waals surface area contributed by atoms with Crippen LogP contribution in [0.25, 0.3) is 0 Å². The number of amides is 3. The van der Waals surface area contributed by atoms with Crippen LogP contribution in [0.3, 0.4) is 0 Å². The Morgan fingerprint density at radius 1 is 1.04 bits per heavy atom. The molecule has 5 atom stereocenters. The number of piperidine rings is 1. The van der Waals surface area contributed by atoms with Crippen LogP contribution in [-0.4, -0.2) is 89.9 Å². The monoisotopic (exact) mass is 711 g/mol. The zero-order valence-electron chi connectivity index (χ0n) is 31.6. The van der Waals surface area contributed by atoms with Gasteiger partial charge in [0.1, 0.15) is 11.7 Å². The van der Waals surface area contributed by atoms with Gasteiger partial charge in [0.2, 0.25) is 11.8 Å². The van der Waals surface area contributed by atoms with E-state index >= 15 is 0 Å². The van der Waals surface area contributed by atoms with Crippen molar-refractivity contribution in [2.75, 3.05) is 27.2 Å². The summed E-state index contributed by atoms with van der Waals surface area (Å²) in [5.74, 6) is -0.959. The minimum absolute atomic E-state index is 0.0401. The highest BCUT2D eigenvalue weighted by molar-refractivity contribution is 7.09. The molecule has 1 aromatic carbocycles. The van der Waals surface area contributed by atoms with Gasteiger partial charge >= 0.3 is 5.97 Å². The summed E-state index contributed by atoms with van der Waals surface area (Å²) in [6.45, 7) is 14.0. The number of likely N-dealkylation sites (N-methyl/N-ethyl adjacent to an activating group) is 1. The molecule has 11 heteroatoms. The van der Waals surface area contributed by atoms with E-state index in [2.05, 4.69) is 41.3 Å². The van der Waals surface area contributed by atoms with Crippen molar-refractivity contribution in [1.82, 2.24) is 25.4 Å². The molecule has 1 aliphatic rings. The molecule has 2 N–H and O–H groups in total. The summed E-state index contributed by atoms with van der Waals surface area (Å²) >= 11 is 1.44. The van der Waals surface area contributed by atoms with Crippen molar-refractivity contribution < 1.29 is 23.9 Å². The summed E-state index contributed by atoms with van der Waals surface area (Å²) < 4.78 is 4.93. The Kier molecular flexibility index (Phi) is 16.9. The molecular formula is C39H61N5O5S. The van der Waals surface area contributed by atoms with Gasteiger partial charge in [0.05, 0.1) is 24.1 Å². The summed E-state index contributed by atoms with van der Waals surface area (Å²) in [4.78, 5) is 61.8. The molecule has 1 aromatic heterocycles. The maximum absolute atomic E-state index is 14.0. The number of likely N-dealkylation sites (tertiary alicyclic amines) is 1. The lowest BCUT2D eigenvalue weighted by Crippen LogP contribution is -2.58. The van der Waals surface area contributed by atoms with Crippen molar-refractivity contribution in [2.24, 2.45) is 17.8 Å². The number of unbranched alkanes of at least 4 members (excludes halogenated alkanes) is 1. The standard InChI is InChI=1S/C39H61N5O5S/c1-9-10-21-44-22-15-14-18-33(44)37(46)42-35(27(4)5)38(47)43(7)32(26(2)3)19-20-34-41-31(25-50-34)36(45)40-30(23-28(6)39(48)49-8)24-29-16-12-11-13-17-29/h11-13,16-17,25-28,30,32-33,35H,9-10,14-15,18-24H2,1-8H3,(H,40,45)(H,42,46)/t28-,30+,32?,33+,35-/m0/s1. The van der Waals surface area contributed by atoms with Crippen LogP contribution in [0.1, 0.15) is 108 Å². The Morgan fingerprint density at radius 2 is 1.76 bits per heavy atom. The number of esters is 1. The third-order valence-corrected chi connectivity index (χ3v) is 10.8. The maximum atomic E-state index is 14.0. The molecule has 50 heavy (non-hydrogen) atoms. The molecule has 0 saturated carbocycles. The molecular weight excluding hydrogens is 651 g/mol. The molecule has 2 heterocycles. The van der Waals surface area contributed by atoms with E-state index in [4.69, 9.17) is 4.74 Å². The van der Waals surface area contributed by atoms with Crippen molar-refractivity contribution in [1.29, 1.82) is 0 Å². The number of nitrogens with zero attached hydrogens (tertiary/aromatic N) is 3. The largest absolute Gasteiger partial charge is 0.469 e. The minimum Gasteiger partial charge on any atom is -0.469 e. The molecule has 1 fully saturated rings. The number of rotatable bonds is 19. The molecule has 0 spiro atoms. The topological polar surface area (TPSA) is 121 Å². The van der Waals surface area contributed by atoms with Gasteiger partial charge in [-0.1, -0.05) is 84.7 Å². The summed E-state index contributed by atoms with van der Waals surface area (Å²) in [7, 11) is 3.21. The molecule has 1 aliphatic heterocycles. The van der Waals surface area contributed by atoms with Crippen LogP contribution < -0.4 is 10.6 Å². The second kappa shape index (κ2) is 20.5. The van der Waals surface area contributed by atoms with Crippen molar-refractivity contribution in [3.63, 3.8) is 0 Å². The van der Waals surface area contributed by atoms with Gasteiger partial charge < -0.3 is 20.3 Å². The predicted molar refractivity (Wildman–Crippen MR) is 200 cm³/mol. The van der Waals surface area contributed by atoms with Gasteiger partial charge in [0, 0.05) is 30.9 Å². The first kappa shape index (κ1) is 41.1. The fourth-order valence-electron chi connectivity index (χ4n) is 6.91. The Balaban J connectivity index is 1.64. The first-order valence-corrected chi connectivity index (χ1v) is 19.4. The first-order chi connectivity index (χ1) is 23.9. The Bertz CT molecular complexity index is 1370. The fraction of sp³-hybridized carbons (Fsp3) is 0.667. The number of aromatic nitrogens is 1. The van der Waals surface area contributed by atoms with E-state index in [0.717, 1.165) is 55.8 Å². The summed E-state index contributed by atoms with van der Waals surface area (Å²) in [6.07, 6.45) is 7.41. The number of aryl methyl sites for hydroxylation is 1. The number of nitrogens with one attached hydrogen (secondary N) is 2. The van der Waals surface area contributed by atoms with Crippen molar-refractivity contribution in [2.45, 2.75) is 123 Å². The highest BCUT2D eigenvalue weighted by atomic mass is 32.1. The number of carbonyl (C=O) groups excluding carboxylic acids is 4. The third-order valence-electron chi connectivity index (χ3n) is 9.90. The number of carbonyl (C=O) groups is 4. The molecule has 3 rings (SSSR count). The fourth-order valence-corrected chi connectivity index (χ4v) is 7.71. The van der Waals surface area contributed by atoms with E-state index in [9.17, 15) is 19.2 Å². The number of ether oxygens (including phenoxy) is 1. The van der Waals surface area contributed by atoms with Gasteiger partial charge in [-0.05, 0) is 69.0 Å². The Morgan fingerprint density at radius 3 is 2.40 bits per heavy atom. The first-order valence-electron chi connectivity index (χ1n) is 18.5. The number of hydrogen-bond donors (Lipinski definition) is 2. The summed E-state index contributed by atoms with van der Waals surface area (Å²) in [5, 5.41) is 8.85. The zero-order chi connectivity index (χ0) is 36.8. The number of hydrogen-bond acceptors (Lipinski definition) is 8. The molecule has 0 aliphatic carbocycles. The average Bonchev–Trinajstić information content (AvgIpc) is 3.58. The van der Waals surface area contributed by atoms with E-state index in [1.807, 2.05) is 56.1 Å². The van der Waals surface area contributed by atoms with Gasteiger partial charge in [-0.3, -0.25) is 24.1 Å². The normalized spacial score (nSPS) is 17.5. The van der Waals surface area contributed by atoms with Crippen LogP contribution in [0.4, 0.5) is 0 Å². The van der Waals surface area contributed by atoms with E-state index in [0.29, 0.717) is 31.4 Å². The molecule has 1 unspecified atom stereocenters. The summed E-state index contributed by atoms with van der Waals surface area (Å²) in [5.41, 5.74) is 1.41. The van der Waals surface area contributed by atoms with E-state index in [1.54, 1.807) is 12.3 Å². The van der Waals surface area contributed by atoms with Crippen molar-refractivity contribution in [3.8, 4) is 0 Å². The quantitative estimate of drug-likeness (QED) is 0.174. The van der Waals surface area contributed by atoms with Gasteiger partial charge in [-0.15, -0.1) is 11.3 Å². The third kappa shape index (κ3) is 12.2. The molecule has 1 saturated heterocycles. The molecule has 3 amide bonds. The van der Waals surface area contributed by atoms with Crippen LogP contribution in [0.15, 0.2) is 35.7 Å². The molecule has 0 radical (unpaired) electrons. The molecule has 2 aromatic rings. The van der Waals surface area contributed by atoms with Crippen LogP contribution in [0.2, 0.25) is 0 Å². The number of benzene rings is 1. The maximum Gasteiger partial charge on any atom is 0.308 e. The highest BCUT2D eigenvalue weighted by Crippen LogP contribution is 2.23. The van der Waals surface area contributed by atoms with E-state index < -0.39 is 6.04 Å². The zero-order valence-corrected chi connectivity index (χ0v) is 32.4. The Labute approximate surface area is 304 Å². The van der Waals surface area contributed by atoms with E-state index in [-0.39, 0.29) is 59.6 Å².